The Balaban J connectivity index is 2.20. The molecule has 0 aromatic heterocycles. The largest absolute Gasteiger partial charge is 0.466 e. The summed E-state index contributed by atoms with van der Waals surface area (Å²) in [6.07, 6.45) is 0.427. The van der Waals surface area contributed by atoms with E-state index in [9.17, 15) is 17.6 Å². The number of nitrogens with zero attached hydrogens (tertiary/aromatic N) is 1. The lowest BCUT2D eigenvalue weighted by Gasteiger charge is -2.22. The van der Waals surface area contributed by atoms with Crippen molar-refractivity contribution in [3.8, 4) is 0 Å². The van der Waals surface area contributed by atoms with E-state index in [0.717, 1.165) is 0 Å². The number of halogens is 2. The third-order valence-electron chi connectivity index (χ3n) is 3.82. The van der Waals surface area contributed by atoms with Gasteiger partial charge in [0.1, 0.15) is 5.82 Å². The van der Waals surface area contributed by atoms with Crippen LogP contribution in [0.4, 0.5) is 4.39 Å². The molecule has 0 radical (unpaired) electrons. The molecule has 0 aliphatic rings. The lowest BCUT2D eigenvalue weighted by Crippen LogP contribution is -2.32. The number of hydrogen-bond acceptors (Lipinski definition) is 4. The Hall–Kier alpha value is -1.96. The maximum absolute atomic E-state index is 13.1. The maximum atomic E-state index is 13.1. The number of carbonyl (C=O) groups excluding carboxylic acids is 1. The molecule has 2 rings (SSSR count). The van der Waals surface area contributed by atoms with Crippen molar-refractivity contribution in [1.82, 2.24) is 4.31 Å². The first kappa shape index (κ1) is 21.3. The number of carbonyl (C=O) groups is 1. The van der Waals surface area contributed by atoms with E-state index >= 15 is 0 Å². The zero-order chi connectivity index (χ0) is 19.9. The average Bonchev–Trinajstić information content (AvgIpc) is 2.63. The third kappa shape index (κ3) is 6.30. The normalized spacial score (nSPS) is 11.6. The first-order valence-corrected chi connectivity index (χ1v) is 10.3. The molecule has 2 aromatic carbocycles. The maximum Gasteiger partial charge on any atom is 0.305 e. The zero-order valence-electron chi connectivity index (χ0n) is 14.9. The second-order valence-corrected chi connectivity index (χ2v) is 8.20. The fraction of sp³-hybridized carbons (Fsp3) is 0.316. The molecule has 0 aliphatic carbocycles. The van der Waals surface area contributed by atoms with Crippen LogP contribution >= 0.6 is 11.6 Å². The molecular weight excluding hydrogens is 393 g/mol. The summed E-state index contributed by atoms with van der Waals surface area (Å²) in [6.45, 7) is 2.18. The van der Waals surface area contributed by atoms with Crippen molar-refractivity contribution in [2.24, 2.45) is 0 Å². The van der Waals surface area contributed by atoms with Crippen LogP contribution in [0.25, 0.3) is 0 Å². The van der Waals surface area contributed by atoms with E-state index in [0.29, 0.717) is 17.0 Å². The highest BCUT2D eigenvalue weighted by Crippen LogP contribution is 2.21. The summed E-state index contributed by atoms with van der Waals surface area (Å²) in [5.74, 6) is -0.767. The van der Waals surface area contributed by atoms with Gasteiger partial charge < -0.3 is 4.74 Å². The van der Waals surface area contributed by atoms with E-state index in [-0.39, 0.29) is 37.0 Å². The van der Waals surface area contributed by atoms with Crippen molar-refractivity contribution in [1.29, 1.82) is 0 Å². The molecule has 0 heterocycles. The Labute approximate surface area is 163 Å². The van der Waals surface area contributed by atoms with Gasteiger partial charge in [-0.15, -0.1) is 0 Å². The van der Waals surface area contributed by atoms with E-state index in [4.69, 9.17) is 16.3 Å². The van der Waals surface area contributed by atoms with Gasteiger partial charge in [0.2, 0.25) is 10.0 Å². The molecule has 0 saturated heterocycles. The van der Waals surface area contributed by atoms with Crippen LogP contribution in [0, 0.1) is 5.82 Å². The summed E-state index contributed by atoms with van der Waals surface area (Å²) >= 11 is 5.84. The fourth-order valence-corrected chi connectivity index (χ4v) is 4.06. The number of hydrogen-bond donors (Lipinski definition) is 0. The predicted molar refractivity (Wildman–Crippen MR) is 101 cm³/mol. The van der Waals surface area contributed by atoms with Gasteiger partial charge in [0.05, 0.1) is 11.5 Å². The Morgan fingerprint density at radius 1 is 1.11 bits per heavy atom. The predicted octanol–water partition coefficient (Wildman–Crippen LogP) is 4.01. The summed E-state index contributed by atoms with van der Waals surface area (Å²) in [5, 5.41) is 0.432. The number of rotatable bonds is 9. The molecular formula is C19H21ClFNO4S. The van der Waals surface area contributed by atoms with Crippen molar-refractivity contribution in [2.45, 2.75) is 31.2 Å². The van der Waals surface area contributed by atoms with Crippen LogP contribution in [0.1, 0.15) is 25.3 Å². The molecule has 146 valence electrons. The van der Waals surface area contributed by atoms with Gasteiger partial charge in [-0.2, -0.15) is 4.31 Å². The number of benzene rings is 2. The molecule has 0 amide bonds. The second kappa shape index (κ2) is 9.82. The first-order valence-electron chi connectivity index (χ1n) is 8.48. The fourth-order valence-electron chi connectivity index (χ4n) is 2.47. The van der Waals surface area contributed by atoms with Gasteiger partial charge in [-0.3, -0.25) is 4.79 Å². The average molecular weight is 414 g/mol. The van der Waals surface area contributed by atoms with Crippen LogP contribution in [0.15, 0.2) is 53.4 Å². The van der Waals surface area contributed by atoms with Gasteiger partial charge in [0, 0.05) is 24.5 Å². The van der Waals surface area contributed by atoms with Crippen LogP contribution < -0.4 is 0 Å². The Kier molecular flexibility index (Phi) is 7.77. The molecule has 0 fully saturated rings. The molecule has 5 nitrogen and oxygen atoms in total. The molecule has 0 bridgehead atoms. The molecule has 0 spiro atoms. The molecule has 2 aromatic rings. The number of esters is 1. The smallest absolute Gasteiger partial charge is 0.305 e. The summed E-state index contributed by atoms with van der Waals surface area (Å²) < 4.78 is 45.3. The minimum atomic E-state index is -3.81. The van der Waals surface area contributed by atoms with E-state index in [1.165, 1.54) is 52.8 Å². The van der Waals surface area contributed by atoms with Gasteiger partial charge >= 0.3 is 5.97 Å². The highest BCUT2D eigenvalue weighted by molar-refractivity contribution is 7.89. The van der Waals surface area contributed by atoms with Crippen molar-refractivity contribution >= 4 is 27.6 Å². The van der Waals surface area contributed by atoms with Gasteiger partial charge in [-0.05, 0) is 55.3 Å². The Morgan fingerprint density at radius 2 is 1.74 bits per heavy atom. The monoisotopic (exact) mass is 413 g/mol. The van der Waals surface area contributed by atoms with Crippen LogP contribution in [-0.2, 0) is 26.1 Å². The van der Waals surface area contributed by atoms with E-state index < -0.39 is 15.8 Å². The number of sulfonamides is 1. The Bertz CT molecular complexity index is 854. The molecule has 27 heavy (non-hydrogen) atoms. The van der Waals surface area contributed by atoms with Gasteiger partial charge in [0.15, 0.2) is 0 Å². The molecule has 0 atom stereocenters. The summed E-state index contributed by atoms with van der Waals surface area (Å²) in [5.41, 5.74) is 0.644. The van der Waals surface area contributed by atoms with E-state index in [2.05, 4.69) is 0 Å². The van der Waals surface area contributed by atoms with Gasteiger partial charge in [-0.1, -0.05) is 23.7 Å². The molecule has 0 unspecified atom stereocenters. The van der Waals surface area contributed by atoms with Gasteiger partial charge in [0.25, 0.3) is 0 Å². The Morgan fingerprint density at radius 3 is 2.33 bits per heavy atom. The molecule has 0 N–H and O–H groups in total. The summed E-state index contributed by atoms with van der Waals surface area (Å²) in [6, 6.07) is 11.5. The third-order valence-corrected chi connectivity index (χ3v) is 5.93. The first-order chi connectivity index (χ1) is 12.8. The second-order valence-electron chi connectivity index (χ2n) is 5.83. The number of ether oxygens (including phenoxy) is 1. The SMILES string of the molecule is CCOC(=O)CCCN(Cc1ccc(F)cc1)S(=O)(=O)c1ccc(Cl)cc1. The minimum absolute atomic E-state index is 0.0636. The summed E-state index contributed by atoms with van der Waals surface area (Å²) in [7, 11) is -3.81. The van der Waals surface area contributed by atoms with E-state index in [1.807, 2.05) is 0 Å². The van der Waals surface area contributed by atoms with Crippen molar-refractivity contribution in [3.05, 3.63) is 64.9 Å². The van der Waals surface area contributed by atoms with Crippen molar-refractivity contribution < 1.29 is 22.3 Å². The lowest BCUT2D eigenvalue weighted by molar-refractivity contribution is -0.143. The molecule has 0 aliphatic heterocycles. The van der Waals surface area contributed by atoms with E-state index in [1.54, 1.807) is 6.92 Å². The minimum Gasteiger partial charge on any atom is -0.466 e. The zero-order valence-corrected chi connectivity index (χ0v) is 16.5. The standard InChI is InChI=1S/C19H21ClFNO4S/c1-2-26-19(23)4-3-13-22(14-15-5-9-17(21)10-6-15)27(24,25)18-11-7-16(20)8-12-18/h5-12H,2-4,13-14H2,1H3. The van der Waals surface area contributed by atoms with Crippen LogP contribution in [0.5, 0.6) is 0 Å². The highest BCUT2D eigenvalue weighted by atomic mass is 35.5. The molecule has 8 heteroatoms. The van der Waals surface area contributed by atoms with Crippen LogP contribution in [0.3, 0.4) is 0 Å². The van der Waals surface area contributed by atoms with Crippen molar-refractivity contribution in [2.75, 3.05) is 13.2 Å². The summed E-state index contributed by atoms with van der Waals surface area (Å²) in [4.78, 5) is 11.6. The van der Waals surface area contributed by atoms with Crippen LogP contribution in [-0.4, -0.2) is 31.8 Å². The van der Waals surface area contributed by atoms with Crippen LogP contribution in [0.2, 0.25) is 5.02 Å². The molecule has 0 saturated carbocycles. The van der Waals surface area contributed by atoms with Crippen molar-refractivity contribution in [3.63, 3.8) is 0 Å². The highest BCUT2D eigenvalue weighted by Gasteiger charge is 2.24. The topological polar surface area (TPSA) is 63.7 Å². The lowest BCUT2D eigenvalue weighted by atomic mass is 10.2. The van der Waals surface area contributed by atoms with Gasteiger partial charge in [-0.25, -0.2) is 12.8 Å². The quantitative estimate of drug-likeness (QED) is 0.582.